The van der Waals surface area contributed by atoms with E-state index < -0.39 is 0 Å². The second-order valence-corrected chi connectivity index (χ2v) is 4.77. The van der Waals surface area contributed by atoms with Crippen molar-refractivity contribution in [3.05, 3.63) is 51.9 Å². The van der Waals surface area contributed by atoms with Crippen molar-refractivity contribution in [3.63, 3.8) is 0 Å². The molecule has 0 aliphatic heterocycles. The Hall–Kier alpha value is -1.77. The van der Waals surface area contributed by atoms with Gasteiger partial charge in [-0.15, -0.1) is 0 Å². The molecule has 0 atom stereocenters. The van der Waals surface area contributed by atoms with Crippen LogP contribution in [0.25, 0.3) is 5.69 Å². The average molecular weight is 230 g/mol. The number of benzene rings is 1. The lowest BCUT2D eigenvalue weighted by Gasteiger charge is -2.06. The summed E-state index contributed by atoms with van der Waals surface area (Å²) < 4.78 is 3.55. The summed E-state index contributed by atoms with van der Waals surface area (Å²) in [6.45, 7) is 6.11. The van der Waals surface area contributed by atoms with Crippen LogP contribution >= 0.6 is 0 Å². The molecule has 3 heteroatoms. The predicted octanol–water partition coefficient (Wildman–Crippen LogP) is 2.61. The van der Waals surface area contributed by atoms with Crippen LogP contribution in [0.5, 0.6) is 0 Å². The molecule has 0 saturated carbocycles. The van der Waals surface area contributed by atoms with Crippen LogP contribution in [0.1, 0.15) is 30.9 Å². The summed E-state index contributed by atoms with van der Waals surface area (Å²) in [5.74, 6) is 0.250. The number of aromatic nitrogens is 2. The molecule has 0 amide bonds. The highest BCUT2D eigenvalue weighted by Gasteiger charge is 2.13. The lowest BCUT2D eigenvalue weighted by molar-refractivity contribution is 0.646. The average Bonchev–Trinajstić information content (AvgIpc) is 2.56. The van der Waals surface area contributed by atoms with E-state index in [1.807, 2.05) is 63.0 Å². The highest BCUT2D eigenvalue weighted by Crippen LogP contribution is 2.12. The highest BCUT2D eigenvalue weighted by molar-refractivity contribution is 5.34. The molecule has 0 fully saturated rings. The number of hydrogen-bond donors (Lipinski definition) is 0. The Bertz CT molecular complexity index is 573. The Morgan fingerprint density at radius 3 is 2.18 bits per heavy atom. The zero-order valence-electron chi connectivity index (χ0n) is 10.8. The first-order chi connectivity index (χ1) is 8.00. The summed E-state index contributed by atoms with van der Waals surface area (Å²) in [7, 11) is 1.90. The van der Waals surface area contributed by atoms with E-state index in [-0.39, 0.29) is 11.5 Å². The molecule has 1 heterocycles. The number of rotatable bonds is 2. The molecular formula is C14H18N2O. The quantitative estimate of drug-likeness (QED) is 0.779. The lowest BCUT2D eigenvalue weighted by atomic mass is 10.1. The largest absolute Gasteiger partial charge is 0.288 e. The summed E-state index contributed by atoms with van der Waals surface area (Å²) in [6.07, 6.45) is 1.91. The van der Waals surface area contributed by atoms with Crippen LogP contribution in [-0.4, -0.2) is 9.36 Å². The maximum absolute atomic E-state index is 12.3. The van der Waals surface area contributed by atoms with E-state index in [1.165, 1.54) is 5.56 Å². The maximum Gasteiger partial charge on any atom is 0.274 e. The highest BCUT2D eigenvalue weighted by atomic mass is 16.1. The molecule has 2 aromatic rings. The summed E-state index contributed by atoms with van der Waals surface area (Å²) >= 11 is 0. The fourth-order valence-corrected chi connectivity index (χ4v) is 1.96. The molecule has 2 rings (SSSR count). The smallest absolute Gasteiger partial charge is 0.274 e. The minimum absolute atomic E-state index is 0.0753. The monoisotopic (exact) mass is 230 g/mol. The van der Waals surface area contributed by atoms with E-state index in [0.717, 1.165) is 11.3 Å². The molecule has 0 aliphatic carbocycles. The first-order valence-corrected chi connectivity index (χ1v) is 5.86. The second-order valence-electron chi connectivity index (χ2n) is 4.77. The van der Waals surface area contributed by atoms with Crippen LogP contribution in [0.2, 0.25) is 0 Å². The third-order valence-corrected chi connectivity index (χ3v) is 2.98. The Morgan fingerprint density at radius 2 is 1.71 bits per heavy atom. The van der Waals surface area contributed by atoms with E-state index in [2.05, 4.69) is 0 Å². The lowest BCUT2D eigenvalue weighted by Crippen LogP contribution is -2.21. The topological polar surface area (TPSA) is 26.9 Å². The molecule has 90 valence electrons. The minimum atomic E-state index is 0.0753. The van der Waals surface area contributed by atoms with E-state index >= 15 is 0 Å². The van der Waals surface area contributed by atoms with Crippen molar-refractivity contribution in [3.8, 4) is 5.69 Å². The molecule has 0 N–H and O–H groups in total. The van der Waals surface area contributed by atoms with Crippen LogP contribution in [0.4, 0.5) is 0 Å². The van der Waals surface area contributed by atoms with Crippen LogP contribution in [0.3, 0.4) is 0 Å². The normalized spacial score (nSPS) is 11.1. The number of nitrogens with zero attached hydrogens (tertiary/aromatic N) is 2. The van der Waals surface area contributed by atoms with E-state index in [9.17, 15) is 4.79 Å². The Morgan fingerprint density at radius 1 is 1.12 bits per heavy atom. The first kappa shape index (κ1) is 11.7. The Balaban J connectivity index is 2.60. The van der Waals surface area contributed by atoms with Crippen molar-refractivity contribution < 1.29 is 0 Å². The predicted molar refractivity (Wildman–Crippen MR) is 69.8 cm³/mol. The van der Waals surface area contributed by atoms with Crippen molar-refractivity contribution in [2.45, 2.75) is 26.7 Å². The molecule has 0 radical (unpaired) electrons. The van der Waals surface area contributed by atoms with Crippen LogP contribution in [0.15, 0.2) is 35.3 Å². The fourth-order valence-electron chi connectivity index (χ4n) is 1.96. The van der Waals surface area contributed by atoms with Gasteiger partial charge in [-0.1, -0.05) is 31.5 Å². The number of hydrogen-bond acceptors (Lipinski definition) is 1. The molecule has 17 heavy (non-hydrogen) atoms. The molecule has 0 saturated heterocycles. The van der Waals surface area contributed by atoms with Crippen molar-refractivity contribution >= 4 is 0 Å². The first-order valence-electron chi connectivity index (χ1n) is 5.86. The minimum Gasteiger partial charge on any atom is -0.288 e. The Kier molecular flexibility index (Phi) is 2.92. The maximum atomic E-state index is 12.3. The summed E-state index contributed by atoms with van der Waals surface area (Å²) in [5, 5.41) is 0. The van der Waals surface area contributed by atoms with Gasteiger partial charge in [-0.3, -0.25) is 9.48 Å². The van der Waals surface area contributed by atoms with Crippen LogP contribution < -0.4 is 5.56 Å². The van der Waals surface area contributed by atoms with E-state index in [4.69, 9.17) is 0 Å². The van der Waals surface area contributed by atoms with Gasteiger partial charge in [0.2, 0.25) is 0 Å². The van der Waals surface area contributed by atoms with Gasteiger partial charge in [0.25, 0.3) is 5.56 Å². The molecular weight excluding hydrogens is 212 g/mol. The molecule has 3 nitrogen and oxygen atoms in total. The zero-order chi connectivity index (χ0) is 12.6. The van der Waals surface area contributed by atoms with Crippen LogP contribution in [-0.2, 0) is 7.05 Å². The fraction of sp³-hybridized carbons (Fsp3) is 0.357. The van der Waals surface area contributed by atoms with Crippen molar-refractivity contribution in [2.75, 3.05) is 0 Å². The van der Waals surface area contributed by atoms with E-state index in [1.54, 1.807) is 4.68 Å². The molecule has 0 bridgehead atoms. The van der Waals surface area contributed by atoms with Gasteiger partial charge in [0.15, 0.2) is 0 Å². The van der Waals surface area contributed by atoms with Gasteiger partial charge in [0.1, 0.15) is 0 Å². The Labute approximate surface area is 101 Å². The molecule has 0 aliphatic rings. The second kappa shape index (κ2) is 4.24. The third kappa shape index (κ3) is 2.05. The van der Waals surface area contributed by atoms with Gasteiger partial charge < -0.3 is 0 Å². The standard InChI is InChI=1S/C14H18N2O/c1-10(2)13-9-15(4)16(14(13)17)12-7-5-11(3)6-8-12/h5-10H,1-4H3. The number of aryl methyl sites for hydroxylation is 2. The van der Waals surface area contributed by atoms with Gasteiger partial charge in [0.05, 0.1) is 5.69 Å². The zero-order valence-corrected chi connectivity index (χ0v) is 10.8. The SMILES string of the molecule is Cc1ccc(-n2c(=O)c(C(C)C)cn2C)cc1. The van der Waals surface area contributed by atoms with Gasteiger partial charge in [-0.25, -0.2) is 4.68 Å². The van der Waals surface area contributed by atoms with Gasteiger partial charge in [0, 0.05) is 18.8 Å². The molecule has 0 unspecified atom stereocenters. The van der Waals surface area contributed by atoms with Gasteiger partial charge >= 0.3 is 0 Å². The van der Waals surface area contributed by atoms with Gasteiger partial charge in [-0.05, 0) is 25.0 Å². The van der Waals surface area contributed by atoms with Crippen LogP contribution in [0, 0.1) is 6.92 Å². The summed E-state index contributed by atoms with van der Waals surface area (Å²) in [6, 6.07) is 7.98. The van der Waals surface area contributed by atoms with Crippen molar-refractivity contribution in [1.29, 1.82) is 0 Å². The molecule has 1 aromatic carbocycles. The summed E-state index contributed by atoms with van der Waals surface area (Å²) in [5.41, 5.74) is 3.04. The van der Waals surface area contributed by atoms with Crippen molar-refractivity contribution in [2.24, 2.45) is 7.05 Å². The van der Waals surface area contributed by atoms with Gasteiger partial charge in [-0.2, -0.15) is 0 Å². The molecule has 1 aromatic heterocycles. The van der Waals surface area contributed by atoms with E-state index in [0.29, 0.717) is 0 Å². The third-order valence-electron chi connectivity index (χ3n) is 2.98. The van der Waals surface area contributed by atoms with Crippen molar-refractivity contribution in [1.82, 2.24) is 9.36 Å². The molecule has 0 spiro atoms. The summed E-state index contributed by atoms with van der Waals surface area (Å²) in [4.78, 5) is 12.3.